The molecule has 0 saturated heterocycles. The van der Waals surface area contributed by atoms with E-state index in [2.05, 4.69) is 274 Å². The fourth-order valence-corrected chi connectivity index (χ4v) is 9.82. The third-order valence-corrected chi connectivity index (χ3v) is 13.3. The molecule has 0 N–H and O–H groups in total. The molecule has 0 amide bonds. The fraction of sp³-hybridized carbons (Fsp3) is 0.0952. The summed E-state index contributed by atoms with van der Waals surface area (Å²) in [6.07, 6.45) is 6.34. The van der Waals surface area contributed by atoms with Gasteiger partial charge in [0.05, 0.1) is 0 Å². The van der Waals surface area contributed by atoms with Gasteiger partial charge in [-0.15, -0.1) is 0 Å². The Morgan fingerprint density at radius 3 is 0.716 bits per heavy atom. The molecule has 0 saturated carbocycles. The normalized spacial score (nSPS) is 11.0. The van der Waals surface area contributed by atoms with Crippen LogP contribution in [-0.4, -0.2) is 0 Å². The van der Waals surface area contributed by atoms with Crippen molar-refractivity contribution in [2.24, 2.45) is 21.1 Å². The van der Waals surface area contributed by atoms with Crippen molar-refractivity contribution in [3.63, 3.8) is 0 Å². The zero-order chi connectivity index (χ0) is 45.3. The number of aryl methyl sites for hydroxylation is 6. The van der Waals surface area contributed by atoms with Gasteiger partial charge in [-0.05, 0) is 159 Å². The quantitative estimate of drug-likeness (QED) is 0.128. The molecule has 1 radical (unpaired) electrons. The number of nitrogens with zero attached hydrogens (tertiary/aromatic N) is 3. The van der Waals surface area contributed by atoms with Crippen LogP contribution in [0, 0.1) is 20.8 Å². The molecule has 3 aromatic heterocycles. The van der Waals surface area contributed by atoms with Crippen molar-refractivity contribution in [1.29, 1.82) is 0 Å². The van der Waals surface area contributed by atoms with Crippen LogP contribution in [0.1, 0.15) is 16.7 Å². The molecule has 327 valence electrons. The summed E-state index contributed by atoms with van der Waals surface area (Å²) in [7, 11) is 6.34. The number of aromatic nitrogens is 3. The molecule has 0 aliphatic carbocycles. The van der Waals surface area contributed by atoms with Gasteiger partial charge in [0.1, 0.15) is 21.1 Å². The Hall–Kier alpha value is -7.36. The molecule has 7 aromatic carbocycles. The Morgan fingerprint density at radius 1 is 0.239 bits per heavy atom. The second kappa shape index (κ2) is 19.2. The van der Waals surface area contributed by atoms with E-state index in [-0.39, 0.29) is 20.1 Å². The Bertz CT molecular complexity index is 3080. The molecular weight excluding hydrogens is 991 g/mol. The van der Waals surface area contributed by atoms with E-state index in [1.54, 1.807) is 0 Å². The molecule has 10 rings (SSSR count). The minimum Gasteiger partial charge on any atom is -0.201 e. The Kier molecular flexibility index (Phi) is 12.9. The predicted molar refractivity (Wildman–Crippen MR) is 273 cm³/mol. The van der Waals surface area contributed by atoms with Crippen LogP contribution in [0.15, 0.2) is 219 Å². The standard InChI is InChI=1S/C63H54N3.Ir/c1-43-37-46(28-31-52(43)61-25-13-16-34-64(61)4)55-19-7-10-22-58(55)49-40-50(59-23-11-8-20-56(59)47-29-32-53(44(2)38-47)62-26-14-17-35-65(62)5)42-51(41-49)60-24-12-9-21-57(60)48-30-33-54(45(3)39-48)63-27-15-18-36-66(63)6;/h7-42H,1-6H3;/q+3;. The maximum atomic E-state index is 2.40. The molecular formula is C63H54IrN3+3. The fourth-order valence-electron chi connectivity index (χ4n) is 9.82. The summed E-state index contributed by atoms with van der Waals surface area (Å²) in [5, 5.41) is 0. The third kappa shape index (κ3) is 8.87. The molecule has 0 unspecified atom stereocenters. The van der Waals surface area contributed by atoms with Gasteiger partial charge < -0.3 is 0 Å². The predicted octanol–water partition coefficient (Wildman–Crippen LogP) is 14.1. The summed E-state index contributed by atoms with van der Waals surface area (Å²) < 4.78 is 6.57. The first-order valence-electron chi connectivity index (χ1n) is 22.8. The van der Waals surface area contributed by atoms with Crippen LogP contribution in [0.3, 0.4) is 0 Å². The average molecular weight is 1050 g/mol. The Morgan fingerprint density at radius 2 is 0.478 bits per heavy atom. The topological polar surface area (TPSA) is 11.6 Å². The number of pyridine rings is 3. The minimum absolute atomic E-state index is 0. The first-order chi connectivity index (χ1) is 32.2. The van der Waals surface area contributed by atoms with Gasteiger partial charge >= 0.3 is 0 Å². The van der Waals surface area contributed by atoms with Crippen LogP contribution in [0.5, 0.6) is 0 Å². The zero-order valence-electron chi connectivity index (χ0n) is 39.0. The summed E-state index contributed by atoms with van der Waals surface area (Å²) in [6, 6.07) is 73.8. The van der Waals surface area contributed by atoms with Gasteiger partial charge in [0, 0.05) is 73.2 Å². The molecule has 3 nitrogen and oxygen atoms in total. The first-order valence-corrected chi connectivity index (χ1v) is 22.8. The summed E-state index contributed by atoms with van der Waals surface area (Å²) in [5.74, 6) is 0. The molecule has 10 aromatic rings. The largest absolute Gasteiger partial charge is 0.212 e. The van der Waals surface area contributed by atoms with E-state index in [4.69, 9.17) is 0 Å². The van der Waals surface area contributed by atoms with Crippen LogP contribution in [0.4, 0.5) is 0 Å². The van der Waals surface area contributed by atoms with Gasteiger partial charge in [-0.3, -0.25) is 0 Å². The second-order valence-electron chi connectivity index (χ2n) is 17.6. The van der Waals surface area contributed by atoms with E-state index in [9.17, 15) is 0 Å². The van der Waals surface area contributed by atoms with Gasteiger partial charge in [-0.2, -0.15) is 0 Å². The van der Waals surface area contributed by atoms with Gasteiger partial charge in [-0.25, -0.2) is 13.7 Å². The summed E-state index contributed by atoms with van der Waals surface area (Å²) in [6.45, 7) is 6.68. The average Bonchev–Trinajstić information content (AvgIpc) is 3.34. The maximum absolute atomic E-state index is 2.40. The van der Waals surface area contributed by atoms with Crippen molar-refractivity contribution in [1.82, 2.24) is 0 Å². The van der Waals surface area contributed by atoms with Crippen LogP contribution in [0.2, 0.25) is 0 Å². The number of hydrogen-bond acceptors (Lipinski definition) is 0. The van der Waals surface area contributed by atoms with Gasteiger partial charge in [-0.1, -0.05) is 109 Å². The molecule has 4 heteroatoms. The molecule has 0 spiro atoms. The molecule has 67 heavy (non-hydrogen) atoms. The smallest absolute Gasteiger partial charge is 0.201 e. The maximum Gasteiger partial charge on any atom is 0.212 e. The van der Waals surface area contributed by atoms with Crippen LogP contribution < -0.4 is 13.7 Å². The van der Waals surface area contributed by atoms with E-state index in [0.717, 1.165) is 0 Å². The van der Waals surface area contributed by atoms with E-state index in [1.165, 1.54) is 117 Å². The van der Waals surface area contributed by atoms with Crippen molar-refractivity contribution in [2.75, 3.05) is 0 Å². The van der Waals surface area contributed by atoms with Crippen molar-refractivity contribution in [2.45, 2.75) is 20.8 Å². The number of hydrogen-bond donors (Lipinski definition) is 0. The molecule has 0 aliphatic heterocycles. The first kappa shape index (κ1) is 44.8. The molecule has 0 atom stereocenters. The molecule has 0 bridgehead atoms. The third-order valence-electron chi connectivity index (χ3n) is 13.3. The SMILES string of the molecule is Cc1cc(-c2ccccc2-c2cc(-c3ccccc3-c3ccc(-c4cccc[n+]4C)c(C)c3)cc(-c3ccccc3-c3ccc(-c4cccc[n+]4C)c(C)c3)c2)ccc1-c1cccc[n+]1C.[Ir]. The van der Waals surface area contributed by atoms with E-state index < -0.39 is 0 Å². The van der Waals surface area contributed by atoms with Crippen molar-refractivity contribution in [3.05, 3.63) is 235 Å². The van der Waals surface area contributed by atoms with Crippen molar-refractivity contribution >= 4 is 0 Å². The second-order valence-corrected chi connectivity index (χ2v) is 17.6. The van der Waals surface area contributed by atoms with E-state index in [0.29, 0.717) is 0 Å². The summed E-state index contributed by atoms with van der Waals surface area (Å²) in [5.41, 5.74) is 25.3. The van der Waals surface area contributed by atoms with Crippen molar-refractivity contribution in [3.8, 4) is 101 Å². The van der Waals surface area contributed by atoms with Crippen LogP contribution >= 0.6 is 0 Å². The number of benzene rings is 7. The summed E-state index contributed by atoms with van der Waals surface area (Å²) >= 11 is 0. The van der Waals surface area contributed by atoms with Gasteiger partial charge in [0.25, 0.3) is 0 Å². The van der Waals surface area contributed by atoms with E-state index >= 15 is 0 Å². The molecule has 0 fully saturated rings. The minimum atomic E-state index is 0. The Balaban J connectivity index is 0.00000562. The summed E-state index contributed by atoms with van der Waals surface area (Å²) in [4.78, 5) is 0. The molecule has 0 aliphatic rings. The van der Waals surface area contributed by atoms with Crippen molar-refractivity contribution < 1.29 is 33.8 Å². The van der Waals surface area contributed by atoms with Crippen LogP contribution in [-0.2, 0) is 41.2 Å². The van der Waals surface area contributed by atoms with Gasteiger partial charge in [0.2, 0.25) is 17.1 Å². The monoisotopic (exact) mass is 1050 g/mol. The van der Waals surface area contributed by atoms with E-state index in [1.807, 2.05) is 0 Å². The molecule has 3 heterocycles. The Labute approximate surface area is 409 Å². The number of rotatable bonds is 9. The van der Waals surface area contributed by atoms with Crippen LogP contribution in [0.25, 0.3) is 101 Å². The zero-order valence-corrected chi connectivity index (χ0v) is 41.4. The van der Waals surface area contributed by atoms with Gasteiger partial charge in [0.15, 0.2) is 18.6 Å².